The zero-order valence-corrected chi connectivity index (χ0v) is 20.4. The van der Waals surface area contributed by atoms with E-state index in [1.54, 1.807) is 12.1 Å². The highest BCUT2D eigenvalue weighted by molar-refractivity contribution is 7.89. The van der Waals surface area contributed by atoms with Crippen molar-refractivity contribution < 1.29 is 27.5 Å². The van der Waals surface area contributed by atoms with Gasteiger partial charge >= 0.3 is 5.97 Å². The second-order valence-electron chi connectivity index (χ2n) is 8.85. The summed E-state index contributed by atoms with van der Waals surface area (Å²) < 4.78 is 38.2. The van der Waals surface area contributed by atoms with Crippen molar-refractivity contribution in [2.24, 2.45) is 5.92 Å². The van der Waals surface area contributed by atoms with E-state index in [1.165, 1.54) is 10.4 Å². The van der Waals surface area contributed by atoms with E-state index in [0.29, 0.717) is 31.4 Å². The second kappa shape index (κ2) is 11.8. The Morgan fingerprint density at radius 2 is 1.79 bits per heavy atom. The lowest BCUT2D eigenvalue weighted by Gasteiger charge is -2.31. The Hall–Kier alpha value is -2.17. The Balaban J connectivity index is 1.79. The molecule has 1 aromatic carbocycles. The third kappa shape index (κ3) is 6.91. The second-order valence-corrected chi connectivity index (χ2v) is 10.8. The lowest BCUT2D eigenvalue weighted by molar-refractivity contribution is -0.124. The molecule has 184 valence electrons. The number of benzene rings is 1. The van der Waals surface area contributed by atoms with Crippen molar-refractivity contribution in [2.75, 3.05) is 57.4 Å². The number of morpholine rings is 1. The molecule has 1 aromatic rings. The van der Waals surface area contributed by atoms with Crippen LogP contribution >= 0.6 is 0 Å². The van der Waals surface area contributed by atoms with Gasteiger partial charge in [-0.25, -0.2) is 13.2 Å². The van der Waals surface area contributed by atoms with Gasteiger partial charge < -0.3 is 19.7 Å². The highest BCUT2D eigenvalue weighted by atomic mass is 32.2. The van der Waals surface area contributed by atoms with Gasteiger partial charge in [0.15, 0.2) is 6.61 Å². The molecule has 0 unspecified atom stereocenters. The first-order chi connectivity index (χ1) is 15.8. The summed E-state index contributed by atoms with van der Waals surface area (Å²) in [5.41, 5.74) is 0.807. The van der Waals surface area contributed by atoms with Gasteiger partial charge in [0.05, 0.1) is 29.4 Å². The van der Waals surface area contributed by atoms with E-state index in [9.17, 15) is 18.0 Å². The monoisotopic (exact) mass is 481 g/mol. The van der Waals surface area contributed by atoms with Crippen LogP contribution in [-0.2, 0) is 24.3 Å². The van der Waals surface area contributed by atoms with Crippen LogP contribution in [0.4, 0.5) is 5.69 Å². The van der Waals surface area contributed by atoms with Gasteiger partial charge in [-0.15, -0.1) is 0 Å². The molecule has 0 atom stereocenters. The molecule has 1 amide bonds. The largest absolute Gasteiger partial charge is 0.452 e. The minimum Gasteiger partial charge on any atom is -0.452 e. The number of nitrogens with one attached hydrogen (secondary N) is 1. The number of esters is 1. The standard InChI is InChI=1S/C23H35N3O6S/c1-18(2)8-9-24-22(27)17-32-23(28)20-16-19(33(29,30)26-12-14-31-15-13-26)6-7-21(20)25-10-4-3-5-11-25/h6-7,16,18H,3-5,8-15,17H2,1-2H3,(H,24,27). The van der Waals surface area contributed by atoms with Crippen LogP contribution in [0.25, 0.3) is 0 Å². The topological polar surface area (TPSA) is 105 Å². The van der Waals surface area contributed by atoms with Crippen LogP contribution in [0, 0.1) is 5.92 Å². The molecule has 0 radical (unpaired) electrons. The number of rotatable bonds is 9. The molecular formula is C23H35N3O6S. The van der Waals surface area contributed by atoms with Crippen molar-refractivity contribution in [3.8, 4) is 0 Å². The normalized spacial score (nSPS) is 17.7. The minimum atomic E-state index is -3.77. The molecule has 2 saturated heterocycles. The van der Waals surface area contributed by atoms with Crippen molar-refractivity contribution in [1.82, 2.24) is 9.62 Å². The van der Waals surface area contributed by atoms with E-state index in [4.69, 9.17) is 9.47 Å². The molecule has 2 aliphatic rings. The molecule has 0 aliphatic carbocycles. The lowest BCUT2D eigenvalue weighted by Crippen LogP contribution is -2.40. The van der Waals surface area contributed by atoms with Crippen LogP contribution in [-0.4, -0.2) is 77.1 Å². The first kappa shape index (κ1) is 25.5. The van der Waals surface area contributed by atoms with Crippen LogP contribution in [0.3, 0.4) is 0 Å². The van der Waals surface area contributed by atoms with Gasteiger partial charge in [-0.05, 0) is 49.8 Å². The minimum absolute atomic E-state index is 0.0403. The van der Waals surface area contributed by atoms with Crippen LogP contribution in [0.1, 0.15) is 49.9 Å². The third-order valence-electron chi connectivity index (χ3n) is 5.87. The van der Waals surface area contributed by atoms with Gasteiger partial charge in [0.1, 0.15) is 0 Å². The summed E-state index contributed by atoms with van der Waals surface area (Å²) >= 11 is 0. The molecule has 2 aliphatic heterocycles. The number of anilines is 1. The zero-order valence-electron chi connectivity index (χ0n) is 19.5. The number of sulfonamides is 1. The Bertz CT molecular complexity index is 922. The molecule has 0 aromatic heterocycles. The summed E-state index contributed by atoms with van der Waals surface area (Å²) in [5, 5.41) is 2.74. The lowest BCUT2D eigenvalue weighted by atomic mass is 10.1. The molecule has 1 N–H and O–H groups in total. The number of nitrogens with zero attached hydrogens (tertiary/aromatic N) is 2. The van der Waals surface area contributed by atoms with Crippen molar-refractivity contribution in [2.45, 2.75) is 44.4 Å². The predicted octanol–water partition coefficient (Wildman–Crippen LogP) is 2.02. The number of piperidine rings is 1. The van der Waals surface area contributed by atoms with E-state index in [2.05, 4.69) is 24.1 Å². The molecule has 10 heteroatoms. The van der Waals surface area contributed by atoms with Crippen LogP contribution in [0.15, 0.2) is 23.1 Å². The van der Waals surface area contributed by atoms with E-state index < -0.39 is 22.6 Å². The summed E-state index contributed by atoms with van der Waals surface area (Å²) in [6, 6.07) is 4.61. The van der Waals surface area contributed by atoms with E-state index >= 15 is 0 Å². The summed E-state index contributed by atoms with van der Waals surface area (Å²) in [5.74, 6) is -0.620. The van der Waals surface area contributed by atoms with E-state index in [1.807, 2.05) is 0 Å². The van der Waals surface area contributed by atoms with E-state index in [0.717, 1.165) is 38.8 Å². The quantitative estimate of drug-likeness (QED) is 0.538. The fourth-order valence-corrected chi connectivity index (χ4v) is 5.38. The SMILES string of the molecule is CC(C)CCNC(=O)COC(=O)c1cc(S(=O)(=O)N2CCOCC2)ccc1N1CCCCC1. The van der Waals surface area contributed by atoms with Gasteiger partial charge in [0.25, 0.3) is 5.91 Å². The maximum atomic E-state index is 13.1. The van der Waals surface area contributed by atoms with E-state index in [-0.39, 0.29) is 29.5 Å². The predicted molar refractivity (Wildman–Crippen MR) is 125 cm³/mol. The van der Waals surface area contributed by atoms with Crippen LogP contribution < -0.4 is 10.2 Å². The molecule has 2 fully saturated rings. The maximum absolute atomic E-state index is 13.1. The Kier molecular flexibility index (Phi) is 9.10. The molecule has 0 bridgehead atoms. The summed E-state index contributed by atoms with van der Waals surface area (Å²) in [7, 11) is -3.77. The van der Waals surface area contributed by atoms with Gasteiger partial charge in [-0.3, -0.25) is 4.79 Å². The molecule has 0 saturated carbocycles. The van der Waals surface area contributed by atoms with Crippen molar-refractivity contribution in [3.63, 3.8) is 0 Å². The highest BCUT2D eigenvalue weighted by Gasteiger charge is 2.29. The molecule has 9 nitrogen and oxygen atoms in total. The van der Waals surface area contributed by atoms with Gasteiger partial charge in [-0.2, -0.15) is 4.31 Å². The molecule has 2 heterocycles. The summed E-state index contributed by atoms with van der Waals surface area (Å²) in [4.78, 5) is 27.2. The van der Waals surface area contributed by atoms with Gasteiger partial charge in [-0.1, -0.05) is 13.8 Å². The Morgan fingerprint density at radius 3 is 2.45 bits per heavy atom. The molecule has 0 spiro atoms. The average Bonchev–Trinajstić information content (AvgIpc) is 2.83. The van der Waals surface area contributed by atoms with Crippen LogP contribution in [0.2, 0.25) is 0 Å². The number of amides is 1. The number of hydrogen-bond acceptors (Lipinski definition) is 7. The van der Waals surface area contributed by atoms with Gasteiger partial charge in [0, 0.05) is 32.7 Å². The molecule has 33 heavy (non-hydrogen) atoms. The van der Waals surface area contributed by atoms with Crippen molar-refractivity contribution >= 4 is 27.6 Å². The van der Waals surface area contributed by atoms with Gasteiger partial charge in [0.2, 0.25) is 10.0 Å². The number of hydrogen-bond donors (Lipinski definition) is 1. The van der Waals surface area contributed by atoms with Crippen molar-refractivity contribution in [1.29, 1.82) is 0 Å². The number of carbonyl (C=O) groups excluding carboxylic acids is 2. The number of carbonyl (C=O) groups is 2. The van der Waals surface area contributed by atoms with Crippen LogP contribution in [0.5, 0.6) is 0 Å². The smallest absolute Gasteiger partial charge is 0.340 e. The van der Waals surface area contributed by atoms with Crippen molar-refractivity contribution in [3.05, 3.63) is 23.8 Å². The summed E-state index contributed by atoms with van der Waals surface area (Å²) in [6.07, 6.45) is 3.96. The fourth-order valence-electron chi connectivity index (χ4n) is 3.95. The first-order valence-electron chi connectivity index (χ1n) is 11.7. The Morgan fingerprint density at radius 1 is 1.09 bits per heavy atom. The average molecular weight is 482 g/mol. The fraction of sp³-hybridized carbons (Fsp3) is 0.652. The zero-order chi connectivity index (χ0) is 23.8. The third-order valence-corrected chi connectivity index (χ3v) is 7.77. The number of ether oxygens (including phenoxy) is 2. The molecule has 3 rings (SSSR count). The maximum Gasteiger partial charge on any atom is 0.340 e. The summed E-state index contributed by atoms with van der Waals surface area (Å²) in [6.45, 7) is 7.02. The highest BCUT2D eigenvalue weighted by Crippen LogP contribution is 2.29. The Labute approximate surface area is 196 Å². The first-order valence-corrected chi connectivity index (χ1v) is 13.1. The molecular weight excluding hydrogens is 446 g/mol.